The second-order valence-corrected chi connectivity index (χ2v) is 6.14. The molecule has 1 N–H and O–H groups in total. The summed E-state index contributed by atoms with van der Waals surface area (Å²) in [4.78, 5) is 27.1. The number of morpholine rings is 1. The third-order valence-corrected chi connectivity index (χ3v) is 4.45. The summed E-state index contributed by atoms with van der Waals surface area (Å²) in [5, 5.41) is 3.24. The second kappa shape index (κ2) is 7.20. The van der Waals surface area contributed by atoms with Crippen molar-refractivity contribution < 1.29 is 23.1 Å². The number of nitrogens with zero attached hydrogens (tertiary/aromatic N) is 1. The van der Waals surface area contributed by atoms with Gasteiger partial charge in [-0.3, -0.25) is 9.59 Å². The molecule has 3 aromatic rings. The summed E-state index contributed by atoms with van der Waals surface area (Å²) in [6.45, 7) is 1.78. The highest BCUT2D eigenvalue weighted by Crippen LogP contribution is 2.32. The van der Waals surface area contributed by atoms with Gasteiger partial charge in [0.25, 0.3) is 11.8 Å². The van der Waals surface area contributed by atoms with Crippen molar-refractivity contribution in [2.75, 3.05) is 31.6 Å². The number of fused-ring (bicyclic) bond motifs is 1. The predicted octanol–water partition coefficient (Wildman–Crippen LogP) is 3.30. The van der Waals surface area contributed by atoms with Gasteiger partial charge in [0.05, 0.1) is 18.8 Å². The van der Waals surface area contributed by atoms with Crippen molar-refractivity contribution in [3.8, 4) is 0 Å². The molecule has 7 heteroatoms. The highest BCUT2D eigenvalue weighted by molar-refractivity contribution is 6.14. The molecule has 27 heavy (non-hydrogen) atoms. The number of carbonyl (C=O) groups is 2. The molecule has 1 aliphatic rings. The minimum atomic E-state index is -0.643. The summed E-state index contributed by atoms with van der Waals surface area (Å²) in [5.74, 6) is -1.58. The Kier molecular flexibility index (Phi) is 4.60. The summed E-state index contributed by atoms with van der Waals surface area (Å²) in [5.41, 5.74) is 0.612. The van der Waals surface area contributed by atoms with Gasteiger partial charge in [-0.15, -0.1) is 0 Å². The molecule has 0 aliphatic carbocycles. The van der Waals surface area contributed by atoms with Crippen LogP contribution in [0.25, 0.3) is 11.0 Å². The molecule has 0 saturated carbocycles. The fraction of sp³-hybridized carbons (Fsp3) is 0.200. The zero-order chi connectivity index (χ0) is 18.8. The number of rotatable bonds is 3. The number of hydrogen-bond acceptors (Lipinski definition) is 4. The molecule has 1 aromatic heterocycles. The minimum absolute atomic E-state index is 0.0304. The number of ether oxygens (including phenoxy) is 1. The number of halogens is 1. The summed E-state index contributed by atoms with van der Waals surface area (Å²) in [6.07, 6.45) is 0. The Hall–Kier alpha value is -3.19. The second-order valence-electron chi connectivity index (χ2n) is 6.14. The van der Waals surface area contributed by atoms with Crippen molar-refractivity contribution in [2.45, 2.75) is 0 Å². The van der Waals surface area contributed by atoms with Crippen LogP contribution in [0.5, 0.6) is 0 Å². The lowest BCUT2D eigenvalue weighted by atomic mass is 10.1. The number of nitrogens with one attached hydrogen (secondary N) is 1. The van der Waals surface area contributed by atoms with Gasteiger partial charge in [0.15, 0.2) is 0 Å². The average Bonchev–Trinajstić information content (AvgIpc) is 3.07. The number of hydrogen-bond donors (Lipinski definition) is 1. The van der Waals surface area contributed by atoms with Crippen molar-refractivity contribution in [3.63, 3.8) is 0 Å². The normalized spacial score (nSPS) is 14.3. The van der Waals surface area contributed by atoms with E-state index in [4.69, 9.17) is 9.15 Å². The van der Waals surface area contributed by atoms with Crippen molar-refractivity contribution in [1.29, 1.82) is 0 Å². The first kappa shape index (κ1) is 17.2. The molecular weight excluding hydrogens is 351 g/mol. The molecule has 6 nitrogen and oxygen atoms in total. The van der Waals surface area contributed by atoms with Crippen molar-refractivity contribution >= 4 is 28.5 Å². The highest BCUT2D eigenvalue weighted by atomic mass is 19.1. The van der Waals surface area contributed by atoms with Crippen LogP contribution in [0.15, 0.2) is 52.9 Å². The van der Waals surface area contributed by atoms with Crippen LogP contribution in [0.2, 0.25) is 0 Å². The van der Waals surface area contributed by atoms with Gasteiger partial charge in [0, 0.05) is 18.5 Å². The predicted molar refractivity (Wildman–Crippen MR) is 97.3 cm³/mol. The van der Waals surface area contributed by atoms with E-state index in [-0.39, 0.29) is 22.9 Å². The fourth-order valence-corrected chi connectivity index (χ4v) is 3.06. The topological polar surface area (TPSA) is 71.8 Å². The van der Waals surface area contributed by atoms with Crippen LogP contribution in [0, 0.1) is 5.82 Å². The van der Waals surface area contributed by atoms with Crippen LogP contribution in [0.1, 0.15) is 20.9 Å². The molecule has 0 radical (unpaired) electrons. The maximum atomic E-state index is 14.0. The van der Waals surface area contributed by atoms with E-state index in [0.29, 0.717) is 37.3 Å². The molecule has 2 amide bonds. The maximum absolute atomic E-state index is 14.0. The minimum Gasteiger partial charge on any atom is -0.449 e. The molecule has 1 saturated heterocycles. The maximum Gasteiger partial charge on any atom is 0.291 e. The van der Waals surface area contributed by atoms with E-state index < -0.39 is 11.7 Å². The molecular formula is C20H17FN2O4. The molecule has 4 rings (SSSR count). The van der Waals surface area contributed by atoms with Crippen LogP contribution in [-0.2, 0) is 4.74 Å². The van der Waals surface area contributed by atoms with E-state index in [0.717, 1.165) is 0 Å². The van der Waals surface area contributed by atoms with Gasteiger partial charge >= 0.3 is 0 Å². The van der Waals surface area contributed by atoms with Gasteiger partial charge < -0.3 is 19.4 Å². The highest BCUT2D eigenvalue weighted by Gasteiger charge is 2.28. The summed E-state index contributed by atoms with van der Waals surface area (Å²) < 4.78 is 25.0. The Balaban J connectivity index is 1.73. The Labute approximate surface area is 154 Å². The third-order valence-electron chi connectivity index (χ3n) is 4.45. The number of anilines is 1. The van der Waals surface area contributed by atoms with Gasteiger partial charge in [-0.05, 0) is 24.3 Å². The number of para-hydroxylation sites is 1. The molecule has 2 heterocycles. The molecule has 0 spiro atoms. The first-order valence-electron chi connectivity index (χ1n) is 8.59. The Bertz CT molecular complexity index is 1010. The molecule has 0 atom stereocenters. The zero-order valence-corrected chi connectivity index (χ0v) is 14.4. The lowest BCUT2D eigenvalue weighted by Crippen LogP contribution is -2.40. The molecule has 138 valence electrons. The third kappa shape index (κ3) is 3.29. The van der Waals surface area contributed by atoms with Crippen LogP contribution >= 0.6 is 0 Å². The summed E-state index contributed by atoms with van der Waals surface area (Å²) >= 11 is 0. The molecule has 1 fully saturated rings. The number of furan rings is 1. The van der Waals surface area contributed by atoms with Crippen LogP contribution in [0.4, 0.5) is 10.1 Å². The van der Waals surface area contributed by atoms with Gasteiger partial charge in [-0.25, -0.2) is 4.39 Å². The first-order valence-corrected chi connectivity index (χ1v) is 8.59. The zero-order valence-electron chi connectivity index (χ0n) is 14.4. The lowest BCUT2D eigenvalue weighted by molar-refractivity contribution is 0.0285. The quantitative estimate of drug-likeness (QED) is 0.770. The Morgan fingerprint density at radius 1 is 1.00 bits per heavy atom. The number of amides is 2. The number of benzene rings is 2. The largest absolute Gasteiger partial charge is 0.449 e. The molecule has 0 bridgehead atoms. The Morgan fingerprint density at radius 3 is 2.48 bits per heavy atom. The first-order chi connectivity index (χ1) is 13.1. The van der Waals surface area contributed by atoms with Gasteiger partial charge in [0.2, 0.25) is 5.76 Å². The SMILES string of the molecule is O=C(Nc1c(C(=O)N2CCOCC2)oc2ccccc12)c1ccccc1F. The van der Waals surface area contributed by atoms with E-state index in [2.05, 4.69) is 5.32 Å². The van der Waals surface area contributed by atoms with Gasteiger partial charge in [0.1, 0.15) is 17.1 Å². The van der Waals surface area contributed by atoms with Crippen LogP contribution < -0.4 is 5.32 Å². The fourth-order valence-electron chi connectivity index (χ4n) is 3.06. The van der Waals surface area contributed by atoms with Crippen LogP contribution in [0.3, 0.4) is 0 Å². The molecule has 2 aromatic carbocycles. The van der Waals surface area contributed by atoms with E-state index in [1.807, 2.05) is 0 Å². The van der Waals surface area contributed by atoms with E-state index in [9.17, 15) is 14.0 Å². The van der Waals surface area contributed by atoms with E-state index in [1.54, 1.807) is 35.2 Å². The summed E-state index contributed by atoms with van der Waals surface area (Å²) in [6, 6.07) is 12.7. The standard InChI is InChI=1S/C20H17FN2O4/c21-15-7-3-1-5-13(15)19(24)22-17-14-6-2-4-8-16(14)27-18(17)20(25)23-9-11-26-12-10-23/h1-8H,9-12H2,(H,22,24). The van der Waals surface area contributed by atoms with Gasteiger partial charge in [-0.1, -0.05) is 24.3 Å². The van der Waals surface area contributed by atoms with Crippen LogP contribution in [-0.4, -0.2) is 43.0 Å². The number of carbonyl (C=O) groups excluding carboxylic acids is 2. The molecule has 1 aliphatic heterocycles. The van der Waals surface area contributed by atoms with E-state index >= 15 is 0 Å². The van der Waals surface area contributed by atoms with E-state index in [1.165, 1.54) is 18.2 Å². The monoisotopic (exact) mass is 368 g/mol. The average molecular weight is 368 g/mol. The summed E-state index contributed by atoms with van der Waals surface area (Å²) in [7, 11) is 0. The van der Waals surface area contributed by atoms with Crippen molar-refractivity contribution in [3.05, 3.63) is 65.7 Å². The van der Waals surface area contributed by atoms with Crippen molar-refractivity contribution in [1.82, 2.24) is 4.90 Å². The van der Waals surface area contributed by atoms with Crippen molar-refractivity contribution in [2.24, 2.45) is 0 Å². The smallest absolute Gasteiger partial charge is 0.291 e. The lowest BCUT2D eigenvalue weighted by Gasteiger charge is -2.26. The molecule has 0 unspecified atom stereocenters. The van der Waals surface area contributed by atoms with Gasteiger partial charge in [-0.2, -0.15) is 0 Å². The Morgan fingerprint density at radius 2 is 1.70 bits per heavy atom.